The van der Waals surface area contributed by atoms with Gasteiger partial charge in [0.1, 0.15) is 12.2 Å². The topological polar surface area (TPSA) is 85.5 Å². The van der Waals surface area contributed by atoms with Crippen LogP contribution in [0.5, 0.6) is 0 Å². The third-order valence-corrected chi connectivity index (χ3v) is 6.84. The summed E-state index contributed by atoms with van der Waals surface area (Å²) in [6, 6.07) is 15.9. The maximum atomic E-state index is 12.1. The molecule has 0 saturated carbocycles. The first-order valence-electron chi connectivity index (χ1n) is 12.4. The zero-order chi connectivity index (χ0) is 24.9. The lowest BCUT2D eigenvalue weighted by Gasteiger charge is -2.36. The van der Waals surface area contributed by atoms with Crippen LogP contribution in [0.3, 0.4) is 0 Å². The molecule has 1 saturated heterocycles. The van der Waals surface area contributed by atoms with E-state index in [1.54, 1.807) is 6.07 Å². The molecule has 4 aromatic rings. The fraction of sp³-hybridized carbons (Fsp3) is 0.310. The summed E-state index contributed by atoms with van der Waals surface area (Å²) in [6.07, 6.45) is 6.90. The van der Waals surface area contributed by atoms with Crippen molar-refractivity contribution >= 4 is 33.5 Å². The molecule has 184 valence electrons. The lowest BCUT2D eigenvalue weighted by atomic mass is 10.1. The number of nitriles is 1. The van der Waals surface area contributed by atoms with Crippen LogP contribution in [0.2, 0.25) is 0 Å². The number of furan rings is 1. The minimum absolute atomic E-state index is 0.164. The number of carbonyl (C=O) groups is 1. The van der Waals surface area contributed by atoms with Gasteiger partial charge in [-0.2, -0.15) is 5.26 Å². The number of aromatic nitrogens is 1. The summed E-state index contributed by atoms with van der Waals surface area (Å²) in [6.45, 7) is 8.81. The summed E-state index contributed by atoms with van der Waals surface area (Å²) in [5.74, 6) is -0.259. The standard InChI is InChI=1S/C29H30N4O3/c1-2-15-35-29(34)28-18-23-17-24(7-9-27(23)36-28)33-13-11-32(12-14-33)10-4-3-5-22-20-31-26-8-6-21(19-30)16-25(22)26/h2,6-9,16-18,20,31H,1,3-5,10-15H2. The quantitative estimate of drug-likeness (QED) is 0.199. The Morgan fingerprint density at radius 2 is 2.00 bits per heavy atom. The Kier molecular flexibility index (Phi) is 7.06. The Morgan fingerprint density at radius 3 is 2.81 bits per heavy atom. The molecule has 36 heavy (non-hydrogen) atoms. The fourth-order valence-corrected chi connectivity index (χ4v) is 4.87. The highest BCUT2D eigenvalue weighted by molar-refractivity contribution is 5.93. The Balaban J connectivity index is 1.10. The summed E-state index contributed by atoms with van der Waals surface area (Å²) >= 11 is 0. The number of esters is 1. The predicted molar refractivity (Wildman–Crippen MR) is 141 cm³/mol. The van der Waals surface area contributed by atoms with E-state index in [2.05, 4.69) is 45.8 Å². The lowest BCUT2D eigenvalue weighted by molar-refractivity contribution is 0.0516. The number of aryl methyl sites for hydroxylation is 1. The molecule has 3 heterocycles. The Morgan fingerprint density at radius 1 is 1.14 bits per heavy atom. The van der Waals surface area contributed by atoms with Crippen molar-refractivity contribution in [3.63, 3.8) is 0 Å². The predicted octanol–water partition coefficient (Wildman–Crippen LogP) is 5.27. The molecule has 0 radical (unpaired) electrons. The van der Waals surface area contributed by atoms with Gasteiger partial charge in [0.15, 0.2) is 0 Å². The lowest BCUT2D eigenvalue weighted by Crippen LogP contribution is -2.46. The van der Waals surface area contributed by atoms with Crippen molar-refractivity contribution in [2.24, 2.45) is 0 Å². The third kappa shape index (κ3) is 5.14. The van der Waals surface area contributed by atoms with Gasteiger partial charge in [-0.1, -0.05) is 12.7 Å². The summed E-state index contributed by atoms with van der Waals surface area (Å²) in [5.41, 5.74) is 4.92. The highest BCUT2D eigenvalue weighted by Gasteiger charge is 2.19. The normalized spacial score (nSPS) is 14.2. The number of nitrogens with zero attached hydrogens (tertiary/aromatic N) is 3. The summed E-state index contributed by atoms with van der Waals surface area (Å²) < 4.78 is 10.7. The molecule has 1 fully saturated rings. The average molecular weight is 483 g/mol. The van der Waals surface area contributed by atoms with Gasteiger partial charge in [0.25, 0.3) is 0 Å². The molecule has 0 aliphatic carbocycles. The second kappa shape index (κ2) is 10.7. The van der Waals surface area contributed by atoms with E-state index in [4.69, 9.17) is 9.15 Å². The van der Waals surface area contributed by atoms with Crippen LogP contribution in [0.4, 0.5) is 5.69 Å². The van der Waals surface area contributed by atoms with Crippen LogP contribution in [0.25, 0.3) is 21.9 Å². The molecular formula is C29H30N4O3. The van der Waals surface area contributed by atoms with Gasteiger partial charge in [0.05, 0.1) is 11.6 Å². The van der Waals surface area contributed by atoms with Gasteiger partial charge in [-0.3, -0.25) is 4.90 Å². The Labute approximate surface area is 210 Å². The molecule has 2 aromatic heterocycles. The maximum Gasteiger partial charge on any atom is 0.374 e. The molecule has 7 nitrogen and oxygen atoms in total. The number of nitrogens with one attached hydrogen (secondary N) is 1. The van der Waals surface area contributed by atoms with Gasteiger partial charge in [0, 0.05) is 54.4 Å². The van der Waals surface area contributed by atoms with E-state index in [0.29, 0.717) is 11.1 Å². The van der Waals surface area contributed by atoms with Gasteiger partial charge in [-0.15, -0.1) is 0 Å². The number of piperazine rings is 1. The molecule has 1 aliphatic rings. The van der Waals surface area contributed by atoms with E-state index in [0.717, 1.165) is 74.0 Å². The number of unbranched alkanes of at least 4 members (excludes halogenated alkanes) is 1. The molecule has 2 aromatic carbocycles. The van der Waals surface area contributed by atoms with Crippen molar-refractivity contribution in [3.8, 4) is 6.07 Å². The van der Waals surface area contributed by atoms with Crippen molar-refractivity contribution in [1.82, 2.24) is 9.88 Å². The monoisotopic (exact) mass is 482 g/mol. The zero-order valence-electron chi connectivity index (χ0n) is 20.3. The first-order valence-corrected chi connectivity index (χ1v) is 12.4. The van der Waals surface area contributed by atoms with Gasteiger partial charge >= 0.3 is 5.97 Å². The number of carbonyl (C=O) groups excluding carboxylic acids is 1. The van der Waals surface area contributed by atoms with E-state index in [1.165, 1.54) is 11.6 Å². The Hall–Kier alpha value is -4.02. The van der Waals surface area contributed by atoms with Crippen molar-refractivity contribution in [1.29, 1.82) is 5.26 Å². The smallest absolute Gasteiger partial charge is 0.374 e. The molecular weight excluding hydrogens is 452 g/mol. The minimum Gasteiger partial charge on any atom is -0.456 e. The first kappa shape index (κ1) is 23.7. The average Bonchev–Trinajstić information content (AvgIpc) is 3.53. The largest absolute Gasteiger partial charge is 0.456 e. The second-order valence-electron chi connectivity index (χ2n) is 9.19. The molecule has 0 spiro atoms. The van der Waals surface area contributed by atoms with Crippen LogP contribution >= 0.6 is 0 Å². The second-order valence-corrected chi connectivity index (χ2v) is 9.19. The first-order chi connectivity index (χ1) is 17.6. The van der Waals surface area contributed by atoms with E-state index in [1.807, 2.05) is 24.3 Å². The van der Waals surface area contributed by atoms with Crippen LogP contribution in [0.1, 0.15) is 34.5 Å². The molecule has 0 unspecified atom stereocenters. The highest BCUT2D eigenvalue weighted by atomic mass is 16.5. The summed E-state index contributed by atoms with van der Waals surface area (Å²) in [5, 5.41) is 11.2. The molecule has 0 amide bonds. The molecule has 0 atom stereocenters. The van der Waals surface area contributed by atoms with E-state index < -0.39 is 5.97 Å². The van der Waals surface area contributed by atoms with E-state index >= 15 is 0 Å². The molecule has 7 heteroatoms. The number of hydrogen-bond donors (Lipinski definition) is 1. The number of rotatable bonds is 9. The van der Waals surface area contributed by atoms with Crippen molar-refractivity contribution in [2.45, 2.75) is 19.3 Å². The number of ether oxygens (including phenoxy) is 1. The summed E-state index contributed by atoms with van der Waals surface area (Å²) in [4.78, 5) is 20.3. The molecule has 0 bridgehead atoms. The van der Waals surface area contributed by atoms with Gasteiger partial charge in [-0.25, -0.2) is 4.79 Å². The number of H-pyrrole nitrogens is 1. The van der Waals surface area contributed by atoms with Crippen molar-refractivity contribution in [3.05, 3.63) is 78.2 Å². The van der Waals surface area contributed by atoms with Crippen LogP contribution in [0.15, 0.2) is 65.7 Å². The highest BCUT2D eigenvalue weighted by Crippen LogP contribution is 2.27. The zero-order valence-corrected chi connectivity index (χ0v) is 20.3. The van der Waals surface area contributed by atoms with Crippen LogP contribution < -0.4 is 4.90 Å². The SMILES string of the molecule is C=CCOC(=O)c1cc2cc(N3CCN(CCCCc4c[nH]c5ccc(C#N)cc45)CC3)ccc2o1. The number of fused-ring (bicyclic) bond motifs is 2. The van der Waals surface area contributed by atoms with Gasteiger partial charge in [0.2, 0.25) is 5.76 Å². The van der Waals surface area contributed by atoms with Crippen LogP contribution in [-0.4, -0.2) is 55.2 Å². The van der Waals surface area contributed by atoms with Crippen molar-refractivity contribution in [2.75, 3.05) is 44.2 Å². The number of benzene rings is 2. The molecule has 1 aliphatic heterocycles. The van der Waals surface area contributed by atoms with Crippen LogP contribution in [0, 0.1) is 11.3 Å². The Bertz CT molecular complexity index is 1420. The number of aromatic amines is 1. The molecule has 5 rings (SSSR count). The van der Waals surface area contributed by atoms with Crippen LogP contribution in [-0.2, 0) is 11.2 Å². The molecule has 1 N–H and O–H groups in total. The summed E-state index contributed by atoms with van der Waals surface area (Å²) in [7, 11) is 0. The van der Waals surface area contributed by atoms with E-state index in [-0.39, 0.29) is 12.4 Å². The number of anilines is 1. The van der Waals surface area contributed by atoms with Crippen molar-refractivity contribution < 1.29 is 13.9 Å². The minimum atomic E-state index is -0.474. The van der Waals surface area contributed by atoms with E-state index in [9.17, 15) is 10.1 Å². The fourth-order valence-electron chi connectivity index (χ4n) is 4.87. The maximum absolute atomic E-state index is 12.1. The van der Waals surface area contributed by atoms with Gasteiger partial charge < -0.3 is 19.0 Å². The number of hydrogen-bond acceptors (Lipinski definition) is 6. The third-order valence-electron chi connectivity index (χ3n) is 6.84. The van der Waals surface area contributed by atoms with Gasteiger partial charge in [-0.05, 0) is 73.8 Å².